The molecule has 0 saturated heterocycles. The summed E-state index contributed by atoms with van der Waals surface area (Å²) in [5.74, 6) is 7.35. The molecule has 0 unspecified atom stereocenters. The van der Waals surface area contributed by atoms with Crippen LogP contribution in [0.15, 0.2) is 17.1 Å². The summed E-state index contributed by atoms with van der Waals surface area (Å²) in [4.78, 5) is 4.58. The number of rotatable bonds is 11. The molecule has 0 N–H and O–H groups in total. The van der Waals surface area contributed by atoms with Crippen LogP contribution in [-0.4, -0.2) is 18.0 Å². The number of allylic oxidation sites excluding steroid dienone is 2. The standard InChI is InChI=1S/C21H35NO/c1-4-5-6-7-8-9-10-11-12-13-14-15-16-17-18-20-22-21(2,3)19-23-20/h9-10H,4-8,13-19H2,1-3H3/b10-9+. The van der Waals surface area contributed by atoms with Crippen LogP contribution in [0, 0.1) is 11.8 Å². The summed E-state index contributed by atoms with van der Waals surface area (Å²) in [7, 11) is 0. The van der Waals surface area contributed by atoms with E-state index in [0.29, 0.717) is 0 Å². The van der Waals surface area contributed by atoms with Crippen molar-refractivity contribution in [3.05, 3.63) is 12.2 Å². The number of ether oxygens (including phenoxy) is 1. The summed E-state index contributed by atoms with van der Waals surface area (Å²) in [5.41, 5.74) is -0.00551. The third-order valence-corrected chi connectivity index (χ3v) is 3.99. The maximum atomic E-state index is 5.60. The van der Waals surface area contributed by atoms with Gasteiger partial charge in [-0.1, -0.05) is 56.9 Å². The van der Waals surface area contributed by atoms with Crippen LogP contribution < -0.4 is 0 Å². The smallest absolute Gasteiger partial charge is 0.183 e. The summed E-state index contributed by atoms with van der Waals surface area (Å²) in [6.07, 6.45) is 17.6. The Kier molecular flexibility index (Phi) is 10.5. The van der Waals surface area contributed by atoms with Crippen LogP contribution >= 0.6 is 0 Å². The third-order valence-electron chi connectivity index (χ3n) is 3.99. The van der Waals surface area contributed by atoms with Crippen molar-refractivity contribution >= 4 is 5.90 Å². The van der Waals surface area contributed by atoms with E-state index in [1.54, 1.807) is 0 Å². The Morgan fingerprint density at radius 3 is 2.61 bits per heavy atom. The van der Waals surface area contributed by atoms with Crippen molar-refractivity contribution in [2.45, 2.75) is 96.9 Å². The average molecular weight is 318 g/mol. The first kappa shape index (κ1) is 19.8. The van der Waals surface area contributed by atoms with Gasteiger partial charge in [-0.2, -0.15) is 0 Å². The predicted molar refractivity (Wildman–Crippen MR) is 101 cm³/mol. The zero-order valence-electron chi connectivity index (χ0n) is 15.5. The van der Waals surface area contributed by atoms with Crippen LogP contribution in [0.5, 0.6) is 0 Å². The van der Waals surface area contributed by atoms with Crippen LogP contribution in [0.4, 0.5) is 0 Å². The number of hydrogen-bond donors (Lipinski definition) is 0. The largest absolute Gasteiger partial charge is 0.478 e. The Labute approximate surface area is 143 Å². The van der Waals surface area contributed by atoms with Crippen molar-refractivity contribution in [3.8, 4) is 11.8 Å². The van der Waals surface area contributed by atoms with Crippen molar-refractivity contribution in [2.24, 2.45) is 4.99 Å². The molecule has 23 heavy (non-hydrogen) atoms. The maximum absolute atomic E-state index is 5.60. The highest BCUT2D eigenvalue weighted by Crippen LogP contribution is 2.19. The van der Waals surface area contributed by atoms with Crippen LogP contribution in [0.1, 0.15) is 91.4 Å². The fourth-order valence-electron chi connectivity index (χ4n) is 2.60. The second-order valence-corrected chi connectivity index (χ2v) is 7.09. The SMILES string of the molecule is CCCCCC/C=C/C#CCCCCCCC1=NC(C)(C)CO1. The normalized spacial score (nSPS) is 16.0. The van der Waals surface area contributed by atoms with Crippen molar-refractivity contribution in [1.29, 1.82) is 0 Å². The van der Waals surface area contributed by atoms with Gasteiger partial charge in [-0.3, -0.25) is 0 Å². The zero-order chi connectivity index (χ0) is 16.8. The van der Waals surface area contributed by atoms with Gasteiger partial charge >= 0.3 is 0 Å². The van der Waals surface area contributed by atoms with Crippen molar-refractivity contribution in [3.63, 3.8) is 0 Å². The van der Waals surface area contributed by atoms with E-state index >= 15 is 0 Å². The zero-order valence-corrected chi connectivity index (χ0v) is 15.5. The van der Waals surface area contributed by atoms with Gasteiger partial charge in [0.15, 0.2) is 5.90 Å². The highest BCUT2D eigenvalue weighted by Gasteiger charge is 2.25. The first-order valence-electron chi connectivity index (χ1n) is 9.49. The van der Waals surface area contributed by atoms with Crippen molar-refractivity contribution in [2.75, 3.05) is 6.61 Å². The minimum atomic E-state index is -0.00551. The van der Waals surface area contributed by atoms with Crippen LogP contribution in [0.2, 0.25) is 0 Å². The summed E-state index contributed by atoms with van der Waals surface area (Å²) in [6, 6.07) is 0. The van der Waals surface area contributed by atoms with Crippen LogP contribution in [-0.2, 0) is 4.74 Å². The molecule has 0 atom stereocenters. The minimum Gasteiger partial charge on any atom is -0.478 e. The molecule has 0 saturated carbocycles. The van der Waals surface area contributed by atoms with E-state index in [1.807, 2.05) is 6.08 Å². The molecule has 1 aliphatic heterocycles. The molecule has 0 radical (unpaired) electrons. The van der Waals surface area contributed by atoms with Gasteiger partial charge in [0.2, 0.25) is 0 Å². The quantitative estimate of drug-likeness (QED) is 0.335. The molecule has 2 nitrogen and oxygen atoms in total. The molecular weight excluding hydrogens is 282 g/mol. The van der Waals surface area contributed by atoms with Gasteiger partial charge in [-0.15, -0.1) is 0 Å². The second-order valence-electron chi connectivity index (χ2n) is 7.09. The van der Waals surface area contributed by atoms with Gasteiger partial charge in [0, 0.05) is 12.8 Å². The molecule has 1 aliphatic rings. The number of nitrogens with zero attached hydrogens (tertiary/aromatic N) is 1. The molecule has 0 aromatic carbocycles. The van der Waals surface area contributed by atoms with Crippen molar-refractivity contribution < 1.29 is 4.74 Å². The monoisotopic (exact) mass is 317 g/mol. The number of hydrogen-bond acceptors (Lipinski definition) is 2. The lowest BCUT2D eigenvalue weighted by atomic mass is 10.1. The van der Waals surface area contributed by atoms with Crippen LogP contribution in [0.3, 0.4) is 0 Å². The molecule has 0 amide bonds. The molecule has 0 aliphatic carbocycles. The summed E-state index contributed by atoms with van der Waals surface area (Å²) < 4.78 is 5.60. The maximum Gasteiger partial charge on any atom is 0.183 e. The van der Waals surface area contributed by atoms with E-state index in [0.717, 1.165) is 25.3 Å². The predicted octanol–water partition coefficient (Wildman–Crippen LogP) is 6.06. The van der Waals surface area contributed by atoms with Gasteiger partial charge in [0.25, 0.3) is 0 Å². The van der Waals surface area contributed by atoms with Gasteiger partial charge in [0.05, 0.1) is 5.54 Å². The topological polar surface area (TPSA) is 21.6 Å². The fourth-order valence-corrected chi connectivity index (χ4v) is 2.60. The Bertz CT molecular complexity index is 423. The van der Waals surface area contributed by atoms with Crippen LogP contribution in [0.25, 0.3) is 0 Å². The summed E-state index contributed by atoms with van der Waals surface area (Å²) in [5, 5.41) is 0. The number of aliphatic imine (C=N–C) groups is 1. The molecule has 0 bridgehead atoms. The van der Waals surface area contributed by atoms with E-state index < -0.39 is 0 Å². The summed E-state index contributed by atoms with van der Waals surface area (Å²) >= 11 is 0. The van der Waals surface area contributed by atoms with Gasteiger partial charge < -0.3 is 4.74 Å². The lowest BCUT2D eigenvalue weighted by Gasteiger charge is -2.07. The lowest BCUT2D eigenvalue weighted by molar-refractivity contribution is 0.273. The molecule has 0 aromatic rings. The van der Waals surface area contributed by atoms with E-state index in [2.05, 4.69) is 43.7 Å². The Morgan fingerprint density at radius 2 is 1.87 bits per heavy atom. The van der Waals surface area contributed by atoms with E-state index in [-0.39, 0.29) is 5.54 Å². The first-order valence-corrected chi connectivity index (χ1v) is 9.49. The van der Waals surface area contributed by atoms with E-state index in [4.69, 9.17) is 4.74 Å². The summed E-state index contributed by atoms with van der Waals surface area (Å²) in [6.45, 7) is 7.24. The van der Waals surface area contributed by atoms with E-state index in [1.165, 1.54) is 57.8 Å². The van der Waals surface area contributed by atoms with Gasteiger partial charge in [-0.25, -0.2) is 4.99 Å². The molecule has 0 fully saturated rings. The highest BCUT2D eigenvalue weighted by atomic mass is 16.5. The molecule has 1 rings (SSSR count). The molecule has 0 aromatic heterocycles. The van der Waals surface area contributed by atoms with Crippen molar-refractivity contribution in [1.82, 2.24) is 0 Å². The molecule has 0 spiro atoms. The minimum absolute atomic E-state index is 0.00551. The molecular formula is C21H35NO. The van der Waals surface area contributed by atoms with Gasteiger partial charge in [-0.05, 0) is 45.6 Å². The Morgan fingerprint density at radius 1 is 1.09 bits per heavy atom. The Balaban J connectivity index is 1.90. The molecule has 2 heteroatoms. The molecule has 130 valence electrons. The second kappa shape index (κ2) is 12.2. The lowest BCUT2D eigenvalue weighted by Crippen LogP contribution is -2.17. The average Bonchev–Trinajstić information content (AvgIpc) is 2.87. The number of unbranched alkanes of at least 4 members (excludes halogenated alkanes) is 8. The first-order chi connectivity index (χ1) is 11.1. The highest BCUT2D eigenvalue weighted by molar-refractivity contribution is 5.78. The fraction of sp³-hybridized carbons (Fsp3) is 0.762. The molecule has 1 heterocycles. The Hall–Kier alpha value is -1.23. The van der Waals surface area contributed by atoms with Gasteiger partial charge in [0.1, 0.15) is 6.61 Å². The third kappa shape index (κ3) is 11.0. The van der Waals surface area contributed by atoms with E-state index in [9.17, 15) is 0 Å².